The summed E-state index contributed by atoms with van der Waals surface area (Å²) in [5.74, 6) is -0.328. The first kappa shape index (κ1) is 39.7. The van der Waals surface area contributed by atoms with E-state index in [0.717, 1.165) is 0 Å². The second-order valence-electron chi connectivity index (χ2n) is 12.9. The highest BCUT2D eigenvalue weighted by molar-refractivity contribution is 6.71. The third-order valence-corrected chi connectivity index (χ3v) is 9.90. The average Bonchev–Trinajstić information content (AvgIpc) is 3.55. The number of fused-ring (bicyclic) bond motifs is 3. The fraction of sp³-hybridized carbons (Fsp3) is 0. The number of nitriles is 1. The van der Waals surface area contributed by atoms with Crippen LogP contribution >= 0.6 is 0 Å². The minimum Gasteiger partial charge on any atom is -0.310 e. The molecule has 2 heterocycles. The maximum atomic E-state index is 10.0. The lowest BCUT2D eigenvalue weighted by atomic mass is 9.60. The minimum atomic E-state index is -0.143. The highest BCUT2D eigenvalue weighted by Gasteiger charge is 2.27. The zero-order valence-electron chi connectivity index (χ0n) is 29.4. The molecule has 0 aliphatic heterocycles. The van der Waals surface area contributed by atoms with Gasteiger partial charge in [-0.3, -0.25) is 0 Å². The van der Waals surface area contributed by atoms with Crippen LogP contribution in [0.2, 0.25) is 0 Å². The van der Waals surface area contributed by atoms with Gasteiger partial charge in [0.25, 0.3) is 0 Å². The molecule has 5 aromatic carbocycles. The molecule has 7 rings (SSSR count). The van der Waals surface area contributed by atoms with E-state index >= 15 is 0 Å². The molecule has 7 aromatic rings. The predicted molar refractivity (Wildman–Crippen MR) is 247 cm³/mol. The first-order valence-corrected chi connectivity index (χ1v) is 16.2. The fourth-order valence-electron chi connectivity index (χ4n) is 6.81. The van der Waals surface area contributed by atoms with Gasteiger partial charge in [-0.25, -0.2) is 15.0 Å². The van der Waals surface area contributed by atoms with Gasteiger partial charge in [0.05, 0.1) is 11.8 Å². The zero-order valence-corrected chi connectivity index (χ0v) is 29.4. The Morgan fingerprint density at radius 1 is 0.393 bits per heavy atom. The molecule has 34 radical (unpaired) electrons. The lowest BCUT2D eigenvalue weighted by Gasteiger charge is -2.23. The van der Waals surface area contributed by atoms with Crippen LogP contribution < -0.4 is 92.9 Å². The Hall–Kier alpha value is -4.50. The van der Waals surface area contributed by atoms with Gasteiger partial charge in [-0.05, 0) is 17.5 Å². The summed E-state index contributed by atoms with van der Waals surface area (Å²) < 4.78 is 1.61. The molecular weight excluding hydrogens is 662 g/mol. The van der Waals surface area contributed by atoms with Crippen LogP contribution in [0.25, 0.3) is 61.7 Å². The molecule has 0 saturated heterocycles. The second kappa shape index (κ2) is 14.2. The molecule has 22 heteroatoms. The first-order chi connectivity index (χ1) is 26.4. The zero-order chi connectivity index (χ0) is 41.0. The van der Waals surface area contributed by atoms with Crippen molar-refractivity contribution in [2.45, 2.75) is 0 Å². The van der Waals surface area contributed by atoms with E-state index in [1.165, 1.54) is 0 Å². The van der Waals surface area contributed by atoms with Gasteiger partial charge in [0.1, 0.15) is 133 Å². The van der Waals surface area contributed by atoms with E-state index in [2.05, 4.69) is 4.98 Å². The average molecular weight is 666 g/mol. The van der Waals surface area contributed by atoms with Gasteiger partial charge in [-0.2, -0.15) is 5.26 Å². The Kier molecular flexibility index (Phi) is 10.0. The van der Waals surface area contributed by atoms with Crippen LogP contribution in [0.4, 0.5) is 0 Å². The minimum absolute atomic E-state index is 0.00681. The van der Waals surface area contributed by atoms with Gasteiger partial charge in [0.15, 0.2) is 17.5 Å². The summed E-state index contributed by atoms with van der Waals surface area (Å²) in [6, 6.07) is 8.77. The second-order valence-corrected chi connectivity index (χ2v) is 12.9. The van der Waals surface area contributed by atoms with E-state index in [1.54, 1.807) is 28.8 Å². The van der Waals surface area contributed by atoms with Crippen LogP contribution in [0, 0.1) is 11.3 Å². The Balaban J connectivity index is 1.69. The lowest BCUT2D eigenvalue weighted by molar-refractivity contribution is 1.07. The Bertz CT molecular complexity index is 2830. The molecule has 0 fully saturated rings. The van der Waals surface area contributed by atoms with Gasteiger partial charge >= 0.3 is 0 Å². The van der Waals surface area contributed by atoms with Crippen molar-refractivity contribution >= 4 is 248 Å². The SMILES string of the molecule is [B]c1c([B])c([B])c(-c2nc(-c3ccccc3-n3c4c([B])c([B])c([B])c([B])c4c4c([B])c(C#N)c([B])c([B])c43)nc(-c3c([B])c([B])c([B])c([B])c3[B])n2)c([B])c1[B]. The molecule has 0 aliphatic rings. The summed E-state index contributed by atoms with van der Waals surface area (Å²) in [6.07, 6.45) is 0. The predicted octanol–water partition coefficient (Wildman–Crippen LogP) is -12.7. The normalized spacial score (nSPS) is 11.3. The molecule has 0 amide bonds. The molecule has 2 aromatic heterocycles. The molecule has 0 atom stereocenters. The molecule has 0 spiro atoms. The van der Waals surface area contributed by atoms with Crippen molar-refractivity contribution < 1.29 is 0 Å². The van der Waals surface area contributed by atoms with Crippen molar-refractivity contribution in [2.24, 2.45) is 0 Å². The molecular formula is C34H4B17N5. The third kappa shape index (κ3) is 5.58. The van der Waals surface area contributed by atoms with Crippen molar-refractivity contribution in [3.63, 3.8) is 0 Å². The monoisotopic (exact) mass is 669 g/mol. The molecule has 56 heavy (non-hydrogen) atoms. The molecule has 0 aliphatic carbocycles. The third-order valence-electron chi connectivity index (χ3n) is 9.90. The Morgan fingerprint density at radius 2 is 0.750 bits per heavy atom. The van der Waals surface area contributed by atoms with Crippen molar-refractivity contribution in [1.82, 2.24) is 19.5 Å². The van der Waals surface area contributed by atoms with Crippen molar-refractivity contribution in [3.05, 3.63) is 29.8 Å². The van der Waals surface area contributed by atoms with E-state index in [0.29, 0.717) is 5.69 Å². The summed E-state index contributed by atoms with van der Waals surface area (Å²) >= 11 is 0. The molecule has 216 valence electrons. The van der Waals surface area contributed by atoms with E-state index in [1.807, 2.05) is 6.07 Å². The fourth-order valence-corrected chi connectivity index (χ4v) is 6.81. The highest BCUT2D eigenvalue weighted by Crippen LogP contribution is 2.33. The van der Waals surface area contributed by atoms with E-state index < -0.39 is 0 Å². The summed E-state index contributed by atoms with van der Waals surface area (Å²) in [4.78, 5) is 14.3. The summed E-state index contributed by atoms with van der Waals surface area (Å²) in [6.45, 7) is 0. The van der Waals surface area contributed by atoms with Crippen molar-refractivity contribution in [1.29, 1.82) is 5.26 Å². The van der Waals surface area contributed by atoms with Crippen LogP contribution in [0.3, 0.4) is 0 Å². The van der Waals surface area contributed by atoms with Gasteiger partial charge < -0.3 is 4.57 Å². The van der Waals surface area contributed by atoms with Gasteiger partial charge in [-0.1, -0.05) is 61.3 Å². The topological polar surface area (TPSA) is 67.4 Å². The van der Waals surface area contributed by atoms with Crippen LogP contribution in [-0.2, 0) is 0 Å². The van der Waals surface area contributed by atoms with Gasteiger partial charge in [0.2, 0.25) is 0 Å². The lowest BCUT2D eigenvalue weighted by Crippen LogP contribution is -2.55. The summed E-state index contributed by atoms with van der Waals surface area (Å²) in [5, 5.41) is 10.5. The number of aromatic nitrogens is 4. The quantitative estimate of drug-likeness (QED) is 0.175. The largest absolute Gasteiger partial charge is 0.310 e. The van der Waals surface area contributed by atoms with Crippen molar-refractivity contribution in [3.8, 4) is 45.9 Å². The molecule has 5 nitrogen and oxygen atoms in total. The van der Waals surface area contributed by atoms with Gasteiger partial charge in [-0.15, -0.1) is 43.7 Å². The Labute approximate surface area is 346 Å². The van der Waals surface area contributed by atoms with E-state index in [4.69, 9.17) is 143 Å². The highest BCUT2D eigenvalue weighted by atomic mass is 15.1. The maximum absolute atomic E-state index is 10.0. The van der Waals surface area contributed by atoms with Crippen LogP contribution in [0.15, 0.2) is 24.3 Å². The number of benzene rings is 5. The molecule has 0 saturated carbocycles. The number of hydrogen-bond donors (Lipinski definition) is 0. The summed E-state index contributed by atoms with van der Waals surface area (Å²) in [5.41, 5.74) is 0.0196. The van der Waals surface area contributed by atoms with Crippen molar-refractivity contribution in [2.75, 3.05) is 0 Å². The number of nitrogens with zero attached hydrogens (tertiary/aromatic N) is 5. The number of hydrogen-bond acceptors (Lipinski definition) is 4. The van der Waals surface area contributed by atoms with Crippen LogP contribution in [0.5, 0.6) is 0 Å². The number of rotatable bonds is 4. The standard InChI is InChI=1S/C34H4B17N5/c35-13-7(5-52)14(36)28(50)30-9(13)10-15(37)20(42)27(49)29(51)31(10)56(30)8-4-2-1-3-6(8)32-53-33(11-16(38)21(43)25(47)22(44)17(11)39)55-34(54-32)12-18(40)23(45)26(48)24(46)19(12)41/h1-4H. The summed E-state index contributed by atoms with van der Waals surface area (Å²) in [7, 11) is 109. The van der Waals surface area contributed by atoms with Gasteiger partial charge in [0, 0.05) is 38.7 Å². The molecule has 0 bridgehead atoms. The van der Waals surface area contributed by atoms with E-state index in [-0.39, 0.29) is 154 Å². The molecule has 0 N–H and O–H groups in total. The van der Waals surface area contributed by atoms with Crippen LogP contribution in [-0.4, -0.2) is 153 Å². The number of para-hydroxylation sites is 1. The maximum Gasteiger partial charge on any atom is 0.166 e. The Morgan fingerprint density at radius 3 is 1.21 bits per heavy atom. The smallest absolute Gasteiger partial charge is 0.166 e. The van der Waals surface area contributed by atoms with Crippen LogP contribution in [0.1, 0.15) is 5.56 Å². The first-order valence-electron chi connectivity index (χ1n) is 16.2. The van der Waals surface area contributed by atoms with E-state index in [9.17, 15) is 5.26 Å². The molecule has 0 unspecified atom stereocenters.